The van der Waals surface area contributed by atoms with Crippen LogP contribution in [0.3, 0.4) is 0 Å². The van der Waals surface area contributed by atoms with Gasteiger partial charge in [-0.15, -0.1) is 0 Å². The summed E-state index contributed by atoms with van der Waals surface area (Å²) in [5.74, 6) is 1.40. The summed E-state index contributed by atoms with van der Waals surface area (Å²) >= 11 is 0. The van der Waals surface area contributed by atoms with Crippen LogP contribution in [0, 0.1) is 0 Å². The van der Waals surface area contributed by atoms with Gasteiger partial charge >= 0.3 is 0 Å². The molecule has 0 saturated heterocycles. The van der Waals surface area contributed by atoms with Gasteiger partial charge in [0.15, 0.2) is 11.5 Å². The number of benzene rings is 1. The Balaban J connectivity index is 1.31. The lowest BCUT2D eigenvalue weighted by Crippen LogP contribution is -2.35. The van der Waals surface area contributed by atoms with Gasteiger partial charge in [0.25, 0.3) is 5.56 Å². The van der Waals surface area contributed by atoms with Crippen molar-refractivity contribution in [2.45, 2.75) is 51.1 Å². The van der Waals surface area contributed by atoms with Crippen molar-refractivity contribution >= 4 is 34.4 Å². The molecule has 1 N–H and O–H groups in total. The van der Waals surface area contributed by atoms with Gasteiger partial charge in [0.2, 0.25) is 11.9 Å². The summed E-state index contributed by atoms with van der Waals surface area (Å²) < 4.78 is 3.35. The number of hydrogen-bond acceptors (Lipinski definition) is 7. The Hall–Kier alpha value is -4.31. The first-order valence-electron chi connectivity index (χ1n) is 13.9. The molecule has 7 rings (SSSR count). The molecule has 1 aromatic carbocycles. The van der Waals surface area contributed by atoms with E-state index < -0.39 is 0 Å². The van der Waals surface area contributed by atoms with Crippen LogP contribution in [0.15, 0.2) is 59.5 Å². The molecule has 1 amide bonds. The minimum atomic E-state index is -0.189. The smallest absolute Gasteiger partial charge is 0.278 e. The number of carbonyl (C=O) groups excluding carboxylic acids is 1. The lowest BCUT2D eigenvalue weighted by molar-refractivity contribution is -0.116. The zero-order valence-corrected chi connectivity index (χ0v) is 22.8. The van der Waals surface area contributed by atoms with Crippen LogP contribution < -0.4 is 15.8 Å². The molecule has 4 aromatic rings. The molecular weight excluding hydrogens is 504 g/mol. The molecular formula is C30H32N8O2. The highest BCUT2D eigenvalue weighted by Gasteiger charge is 2.48. The molecule has 5 heterocycles. The van der Waals surface area contributed by atoms with Crippen LogP contribution in [0.2, 0.25) is 0 Å². The second kappa shape index (κ2) is 9.41. The number of anilines is 3. The molecule has 0 atom stereocenters. The summed E-state index contributed by atoms with van der Waals surface area (Å²) in [6, 6.07) is 12.0. The van der Waals surface area contributed by atoms with E-state index in [1.54, 1.807) is 27.4 Å². The SMILES string of the molecule is CC(=O)N1CCC/C=C\Cn2c(=O)c3cnc(Nc4ccc5c(c4)CN(C)CC54CC4)nc3n2-c2cccc1n2. The predicted octanol–water partition coefficient (Wildman–Crippen LogP) is 3.90. The number of hydrogen-bond donors (Lipinski definition) is 1. The van der Waals surface area contributed by atoms with E-state index in [0.717, 1.165) is 31.6 Å². The molecule has 3 aliphatic rings. The van der Waals surface area contributed by atoms with Crippen LogP contribution in [0.1, 0.15) is 43.7 Å². The Labute approximate surface area is 231 Å². The van der Waals surface area contributed by atoms with Crippen LogP contribution in [-0.2, 0) is 23.3 Å². The third-order valence-electron chi connectivity index (χ3n) is 8.27. The van der Waals surface area contributed by atoms with Gasteiger partial charge in [0.05, 0.1) is 6.54 Å². The van der Waals surface area contributed by atoms with E-state index in [1.165, 1.54) is 24.0 Å². The second-order valence-corrected chi connectivity index (χ2v) is 11.2. The predicted molar refractivity (Wildman–Crippen MR) is 154 cm³/mol. The lowest BCUT2D eigenvalue weighted by atomic mass is 9.87. The number of nitrogens with one attached hydrogen (secondary N) is 1. The fourth-order valence-corrected chi connectivity index (χ4v) is 6.24. The zero-order chi connectivity index (χ0) is 27.4. The Morgan fingerprint density at radius 2 is 1.93 bits per heavy atom. The van der Waals surface area contributed by atoms with Crippen molar-refractivity contribution in [2.24, 2.45) is 0 Å². The van der Waals surface area contributed by atoms with Crippen molar-refractivity contribution in [1.29, 1.82) is 0 Å². The first-order chi connectivity index (χ1) is 19.4. The highest BCUT2D eigenvalue weighted by molar-refractivity contribution is 5.90. The number of fused-ring (bicyclic) bond motifs is 8. The maximum Gasteiger partial charge on any atom is 0.278 e. The Kier molecular flexibility index (Phi) is 5.81. The van der Waals surface area contributed by atoms with E-state index in [-0.39, 0.29) is 11.5 Å². The zero-order valence-electron chi connectivity index (χ0n) is 22.8. The van der Waals surface area contributed by atoms with Crippen molar-refractivity contribution in [3.8, 4) is 5.82 Å². The average Bonchev–Trinajstić information content (AvgIpc) is 3.63. The van der Waals surface area contributed by atoms with Crippen molar-refractivity contribution in [3.63, 3.8) is 0 Å². The van der Waals surface area contributed by atoms with Gasteiger partial charge in [0.1, 0.15) is 11.2 Å². The van der Waals surface area contributed by atoms with Gasteiger partial charge in [-0.2, -0.15) is 4.98 Å². The number of rotatable bonds is 2. The van der Waals surface area contributed by atoms with E-state index in [9.17, 15) is 9.59 Å². The number of nitrogens with zero attached hydrogens (tertiary/aromatic N) is 7. The summed E-state index contributed by atoms with van der Waals surface area (Å²) in [7, 11) is 2.18. The minimum absolute atomic E-state index is 0.0712. The summed E-state index contributed by atoms with van der Waals surface area (Å²) in [4.78, 5) is 44.1. The highest BCUT2D eigenvalue weighted by atomic mass is 16.2. The molecule has 0 radical (unpaired) electrons. The molecule has 10 nitrogen and oxygen atoms in total. The molecule has 0 unspecified atom stereocenters. The first-order valence-corrected chi connectivity index (χ1v) is 13.9. The van der Waals surface area contributed by atoms with Crippen LogP contribution in [0.25, 0.3) is 16.9 Å². The van der Waals surface area contributed by atoms with Crippen LogP contribution in [0.5, 0.6) is 0 Å². The van der Waals surface area contributed by atoms with Gasteiger partial charge in [-0.3, -0.25) is 14.5 Å². The molecule has 3 aromatic heterocycles. The van der Waals surface area contributed by atoms with Crippen LogP contribution in [0.4, 0.5) is 17.5 Å². The third kappa shape index (κ3) is 4.19. The fraction of sp³-hybridized carbons (Fsp3) is 0.367. The number of allylic oxidation sites excluding steroid dienone is 2. The summed E-state index contributed by atoms with van der Waals surface area (Å²) in [5, 5.41) is 3.78. The fourth-order valence-electron chi connectivity index (χ4n) is 6.24. The molecule has 1 aliphatic carbocycles. The highest BCUT2D eigenvalue weighted by Crippen LogP contribution is 2.52. The van der Waals surface area contributed by atoms with Gasteiger partial charge < -0.3 is 10.2 Å². The second-order valence-electron chi connectivity index (χ2n) is 11.2. The molecule has 10 heteroatoms. The molecule has 40 heavy (non-hydrogen) atoms. The minimum Gasteiger partial charge on any atom is -0.324 e. The number of carbonyl (C=O) groups is 1. The standard InChI is InChI=1S/C30H32N8O2/c1-20(39)36-14-5-3-4-6-15-37-28(40)23-17-31-29(34-27(23)38(37)26-9-7-8-25(36)33-26)32-22-10-11-24-21(16-22)18-35(2)19-30(24)12-13-30/h4,6-11,16-17H,3,5,12-15,18-19H2,1-2H3,(H,31,32,34)/b6-4-. The molecule has 1 fully saturated rings. The molecule has 1 saturated carbocycles. The van der Waals surface area contributed by atoms with E-state index in [0.29, 0.717) is 47.1 Å². The summed E-state index contributed by atoms with van der Waals surface area (Å²) in [6.45, 7) is 4.53. The van der Waals surface area contributed by atoms with Gasteiger partial charge in [-0.25, -0.2) is 19.3 Å². The number of pyridine rings is 1. The molecule has 2 bridgehead atoms. The van der Waals surface area contributed by atoms with Crippen molar-refractivity contribution in [3.05, 3.63) is 76.2 Å². The van der Waals surface area contributed by atoms with E-state index >= 15 is 0 Å². The monoisotopic (exact) mass is 536 g/mol. The van der Waals surface area contributed by atoms with Crippen molar-refractivity contribution in [1.82, 2.24) is 29.2 Å². The first kappa shape index (κ1) is 24.7. The van der Waals surface area contributed by atoms with Crippen LogP contribution in [-0.4, -0.2) is 55.3 Å². The van der Waals surface area contributed by atoms with Crippen molar-refractivity contribution < 1.29 is 4.79 Å². The van der Waals surface area contributed by atoms with Gasteiger partial charge in [0, 0.05) is 43.9 Å². The van der Waals surface area contributed by atoms with Crippen LogP contribution >= 0.6 is 0 Å². The number of amides is 1. The molecule has 204 valence electrons. The largest absolute Gasteiger partial charge is 0.324 e. The molecule has 1 spiro atoms. The normalized spacial score (nSPS) is 18.9. The van der Waals surface area contributed by atoms with E-state index in [1.807, 2.05) is 30.4 Å². The maximum atomic E-state index is 13.5. The van der Waals surface area contributed by atoms with E-state index in [4.69, 9.17) is 9.97 Å². The van der Waals surface area contributed by atoms with E-state index in [2.05, 4.69) is 40.4 Å². The Morgan fingerprint density at radius 3 is 2.75 bits per heavy atom. The van der Waals surface area contributed by atoms with Crippen molar-refractivity contribution in [2.75, 3.05) is 30.4 Å². The average molecular weight is 537 g/mol. The Bertz CT molecular complexity index is 1730. The quantitative estimate of drug-likeness (QED) is 0.388. The number of aromatic nitrogens is 5. The summed E-state index contributed by atoms with van der Waals surface area (Å²) in [5.41, 5.74) is 4.31. The lowest BCUT2D eigenvalue weighted by Gasteiger charge is -2.32. The number of likely N-dealkylation sites (N-methyl/N-ethyl adjacent to an activating group) is 1. The molecule has 2 aliphatic heterocycles. The van der Waals surface area contributed by atoms with Gasteiger partial charge in [-0.1, -0.05) is 24.3 Å². The van der Waals surface area contributed by atoms with Gasteiger partial charge in [-0.05, 0) is 68.1 Å². The summed E-state index contributed by atoms with van der Waals surface area (Å²) in [6.07, 6.45) is 9.71. The third-order valence-corrected chi connectivity index (χ3v) is 8.27. The Morgan fingerprint density at radius 1 is 1.07 bits per heavy atom. The topological polar surface area (TPSA) is 101 Å². The maximum absolute atomic E-state index is 13.5.